The van der Waals surface area contributed by atoms with Gasteiger partial charge in [-0.25, -0.2) is 0 Å². The van der Waals surface area contributed by atoms with Crippen LogP contribution in [0.1, 0.15) is 77.5 Å². The third-order valence-corrected chi connectivity index (χ3v) is 6.90. The predicted molar refractivity (Wildman–Crippen MR) is 117 cm³/mol. The van der Waals surface area contributed by atoms with Gasteiger partial charge in [0.2, 0.25) is 0 Å². The fourth-order valence-electron chi connectivity index (χ4n) is 4.12. The maximum absolute atomic E-state index is 11.1. The number of rotatable bonds is 3. The summed E-state index contributed by atoms with van der Waals surface area (Å²) in [4.78, 5) is 2.42. The molecule has 0 amide bonds. The van der Waals surface area contributed by atoms with Crippen LogP contribution in [-0.4, -0.2) is 29.6 Å². The summed E-state index contributed by atoms with van der Waals surface area (Å²) < 4.78 is 0. The lowest BCUT2D eigenvalue weighted by molar-refractivity contribution is 0.201. The third-order valence-electron chi connectivity index (χ3n) is 5.74. The van der Waals surface area contributed by atoms with Crippen molar-refractivity contribution < 1.29 is 5.11 Å². The number of phenols is 1. The van der Waals surface area contributed by atoms with Crippen molar-refractivity contribution in [2.75, 3.05) is 19.6 Å². The van der Waals surface area contributed by atoms with Crippen LogP contribution in [0.15, 0.2) is 23.7 Å². The summed E-state index contributed by atoms with van der Waals surface area (Å²) in [5.41, 5.74) is 3.14. The Hall–Kier alpha value is -1.13. The van der Waals surface area contributed by atoms with E-state index in [1.807, 2.05) is 11.8 Å². The Labute approximate surface area is 169 Å². The van der Waals surface area contributed by atoms with Crippen molar-refractivity contribution >= 4 is 11.8 Å². The summed E-state index contributed by atoms with van der Waals surface area (Å²) in [5.74, 6) is 0.461. The van der Waals surface area contributed by atoms with E-state index in [9.17, 15) is 5.11 Å². The van der Waals surface area contributed by atoms with Gasteiger partial charge in [0.25, 0.3) is 0 Å². The van der Waals surface area contributed by atoms with Gasteiger partial charge in [0.1, 0.15) is 10.6 Å². The van der Waals surface area contributed by atoms with Gasteiger partial charge in [-0.2, -0.15) is 0 Å². The molecule has 2 aliphatic rings. The Morgan fingerprint density at radius 1 is 1.00 bits per heavy atom. The maximum atomic E-state index is 11.1. The lowest BCUT2D eigenvalue weighted by Crippen LogP contribution is -2.46. The summed E-state index contributed by atoms with van der Waals surface area (Å²) in [6.45, 7) is 16.5. The van der Waals surface area contributed by atoms with Crippen LogP contribution in [0, 0.1) is 0 Å². The summed E-state index contributed by atoms with van der Waals surface area (Å²) in [6.07, 6.45) is 6.02. The lowest BCUT2D eigenvalue weighted by Gasteiger charge is -2.39. The number of piperidine rings is 1. The SMILES string of the molecule is CC(C)(C)c1cc(C2(CN3CCCCC3)NC=CS2)cc(C(C)(C)C)c1O. The molecule has 1 saturated heterocycles. The number of likely N-dealkylation sites (tertiary alicyclic amines) is 1. The monoisotopic (exact) mass is 388 g/mol. The zero-order valence-corrected chi connectivity index (χ0v) is 18.7. The number of benzene rings is 1. The highest BCUT2D eigenvalue weighted by molar-refractivity contribution is 8.03. The zero-order chi connectivity index (χ0) is 19.9. The molecule has 1 aromatic carbocycles. The van der Waals surface area contributed by atoms with Gasteiger partial charge >= 0.3 is 0 Å². The maximum Gasteiger partial charge on any atom is 0.126 e. The smallest absolute Gasteiger partial charge is 0.126 e. The van der Waals surface area contributed by atoms with Gasteiger partial charge in [0.05, 0.1) is 0 Å². The average Bonchev–Trinajstić information content (AvgIpc) is 3.03. The first-order valence-electron chi connectivity index (χ1n) is 10.2. The molecule has 2 heterocycles. The van der Waals surface area contributed by atoms with Crippen LogP contribution < -0.4 is 5.32 Å². The quantitative estimate of drug-likeness (QED) is 0.723. The minimum Gasteiger partial charge on any atom is -0.507 e. The number of phenolic OH excluding ortho intramolecular Hbond substituents is 1. The van der Waals surface area contributed by atoms with Crippen LogP contribution in [0.3, 0.4) is 0 Å². The van der Waals surface area contributed by atoms with E-state index in [0.29, 0.717) is 5.75 Å². The molecule has 2 N–H and O–H groups in total. The van der Waals surface area contributed by atoms with Gasteiger partial charge in [-0.3, -0.25) is 4.90 Å². The second-order valence-electron chi connectivity index (χ2n) is 10.1. The summed E-state index contributed by atoms with van der Waals surface area (Å²) >= 11 is 1.87. The fourth-order valence-corrected chi connectivity index (χ4v) is 5.14. The molecule has 4 heteroatoms. The highest BCUT2D eigenvalue weighted by Gasteiger charge is 2.39. The molecule has 0 aromatic heterocycles. The Kier molecular flexibility index (Phi) is 5.62. The predicted octanol–water partition coefficient (Wildman–Crippen LogP) is 5.43. The Balaban J connectivity index is 2.09. The molecule has 3 rings (SSSR count). The van der Waals surface area contributed by atoms with Crippen LogP contribution in [0.5, 0.6) is 5.75 Å². The van der Waals surface area contributed by atoms with E-state index < -0.39 is 0 Å². The van der Waals surface area contributed by atoms with E-state index in [1.54, 1.807) is 0 Å². The second-order valence-corrected chi connectivity index (χ2v) is 11.4. The molecule has 0 saturated carbocycles. The highest BCUT2D eigenvalue weighted by atomic mass is 32.2. The van der Waals surface area contributed by atoms with Crippen LogP contribution in [-0.2, 0) is 15.7 Å². The van der Waals surface area contributed by atoms with E-state index >= 15 is 0 Å². The van der Waals surface area contributed by atoms with Gasteiger partial charge in [-0.15, -0.1) is 0 Å². The van der Waals surface area contributed by atoms with Crippen LogP contribution in [0.4, 0.5) is 0 Å². The van der Waals surface area contributed by atoms with Crippen molar-refractivity contribution in [3.05, 3.63) is 40.4 Å². The fraction of sp³-hybridized carbons (Fsp3) is 0.652. The Morgan fingerprint density at radius 3 is 2.00 bits per heavy atom. The van der Waals surface area contributed by atoms with Crippen molar-refractivity contribution in [1.29, 1.82) is 0 Å². The number of thioether (sulfide) groups is 1. The molecule has 3 nitrogen and oxygen atoms in total. The molecule has 0 spiro atoms. The first kappa shape index (κ1) is 20.6. The van der Waals surface area contributed by atoms with Crippen molar-refractivity contribution in [3.63, 3.8) is 0 Å². The number of hydrogen-bond acceptors (Lipinski definition) is 4. The number of nitrogens with zero attached hydrogens (tertiary/aromatic N) is 1. The first-order valence-corrected chi connectivity index (χ1v) is 11.1. The Morgan fingerprint density at radius 2 is 1.56 bits per heavy atom. The molecule has 1 atom stereocenters. The largest absolute Gasteiger partial charge is 0.507 e. The van der Waals surface area contributed by atoms with Crippen LogP contribution >= 0.6 is 11.8 Å². The first-order chi connectivity index (χ1) is 12.5. The number of nitrogens with one attached hydrogen (secondary N) is 1. The van der Waals surface area contributed by atoms with Gasteiger partial charge in [-0.05, 0) is 71.0 Å². The molecule has 0 aliphatic carbocycles. The minimum absolute atomic E-state index is 0.108. The standard InChI is InChI=1S/C23H36N2OS/c1-21(2,3)18-14-17(15-19(20(18)26)22(4,5)6)23(24-10-13-27-23)16-25-11-8-7-9-12-25/h10,13-15,24,26H,7-9,11-12,16H2,1-6H3. The molecular formula is C23H36N2OS. The van der Waals surface area contributed by atoms with Gasteiger partial charge in [0.15, 0.2) is 0 Å². The third kappa shape index (κ3) is 4.32. The van der Waals surface area contributed by atoms with E-state index in [1.165, 1.54) is 37.9 Å². The highest BCUT2D eigenvalue weighted by Crippen LogP contribution is 2.46. The molecule has 150 valence electrons. The number of aromatic hydroxyl groups is 1. The molecule has 2 aliphatic heterocycles. The molecule has 0 radical (unpaired) electrons. The summed E-state index contributed by atoms with van der Waals surface area (Å²) in [7, 11) is 0. The van der Waals surface area contributed by atoms with E-state index in [4.69, 9.17) is 0 Å². The lowest BCUT2D eigenvalue weighted by atomic mass is 9.77. The summed E-state index contributed by atoms with van der Waals surface area (Å²) in [5, 5.41) is 16.9. The normalized spacial score (nSPS) is 24.2. The van der Waals surface area contributed by atoms with E-state index in [-0.39, 0.29) is 15.7 Å². The minimum atomic E-state index is -0.176. The second kappa shape index (κ2) is 7.36. The zero-order valence-electron chi connectivity index (χ0n) is 17.9. The van der Waals surface area contributed by atoms with Crippen molar-refractivity contribution in [2.45, 2.75) is 76.5 Å². The van der Waals surface area contributed by atoms with Crippen molar-refractivity contribution in [1.82, 2.24) is 10.2 Å². The molecule has 1 fully saturated rings. The molecule has 1 aromatic rings. The van der Waals surface area contributed by atoms with Crippen LogP contribution in [0.2, 0.25) is 0 Å². The van der Waals surface area contributed by atoms with Crippen molar-refractivity contribution in [3.8, 4) is 5.75 Å². The van der Waals surface area contributed by atoms with Gasteiger partial charge in [0, 0.05) is 12.7 Å². The van der Waals surface area contributed by atoms with E-state index in [2.05, 4.69) is 75.5 Å². The average molecular weight is 389 g/mol. The molecule has 0 bridgehead atoms. The topological polar surface area (TPSA) is 35.5 Å². The molecule has 27 heavy (non-hydrogen) atoms. The van der Waals surface area contributed by atoms with Crippen LogP contribution in [0.25, 0.3) is 0 Å². The van der Waals surface area contributed by atoms with E-state index in [0.717, 1.165) is 17.7 Å². The van der Waals surface area contributed by atoms with Gasteiger partial charge in [-0.1, -0.05) is 59.7 Å². The Bertz CT molecular complexity index is 663. The molecule has 1 unspecified atom stereocenters. The number of hydrogen-bond donors (Lipinski definition) is 2. The van der Waals surface area contributed by atoms with Gasteiger partial charge < -0.3 is 10.4 Å². The van der Waals surface area contributed by atoms with Crippen molar-refractivity contribution in [2.24, 2.45) is 0 Å². The summed E-state index contributed by atoms with van der Waals surface area (Å²) in [6, 6.07) is 4.48. The molecular weight excluding hydrogens is 352 g/mol.